The van der Waals surface area contributed by atoms with Crippen molar-refractivity contribution in [3.8, 4) is 11.8 Å². The van der Waals surface area contributed by atoms with E-state index < -0.39 is 12.2 Å². The van der Waals surface area contributed by atoms with Gasteiger partial charge in [-0.3, -0.25) is 0 Å². The minimum Gasteiger partial charge on any atom is -0.457 e. The Kier molecular flexibility index (Phi) is 7.90. The van der Waals surface area contributed by atoms with Crippen LogP contribution in [0.25, 0.3) is 0 Å². The van der Waals surface area contributed by atoms with E-state index in [4.69, 9.17) is 25.8 Å². The molecule has 164 valence electrons. The molecule has 1 unspecified atom stereocenters. The minimum atomic E-state index is -0.819. The van der Waals surface area contributed by atoms with Crippen LogP contribution in [0.4, 0.5) is 10.6 Å². The van der Waals surface area contributed by atoms with Crippen LogP contribution in [0.5, 0.6) is 5.75 Å². The summed E-state index contributed by atoms with van der Waals surface area (Å²) in [6.45, 7) is 3.11. The maximum atomic E-state index is 11.7. The van der Waals surface area contributed by atoms with Crippen LogP contribution in [0.2, 0.25) is 5.02 Å². The third kappa shape index (κ3) is 6.37. The van der Waals surface area contributed by atoms with Crippen molar-refractivity contribution in [1.82, 2.24) is 4.98 Å². The van der Waals surface area contributed by atoms with Crippen LogP contribution in [0, 0.1) is 11.3 Å². The molecule has 1 aromatic heterocycles. The molecule has 1 heterocycles. The number of ether oxygens (including phenoxy) is 3. The number of aromatic nitrogens is 1. The van der Waals surface area contributed by atoms with Crippen LogP contribution in [-0.2, 0) is 9.47 Å². The zero-order valence-corrected chi connectivity index (χ0v) is 18.4. The first-order chi connectivity index (χ1) is 15.5. The van der Waals surface area contributed by atoms with Gasteiger partial charge < -0.3 is 19.5 Å². The molecule has 3 aromatic rings. The number of pyridine rings is 1. The van der Waals surface area contributed by atoms with Crippen molar-refractivity contribution in [2.45, 2.75) is 26.0 Å². The number of nitrogens with one attached hydrogen (secondary N) is 1. The maximum absolute atomic E-state index is 11.7. The van der Waals surface area contributed by atoms with E-state index in [0.717, 1.165) is 5.56 Å². The van der Waals surface area contributed by atoms with Crippen LogP contribution in [0.15, 0.2) is 66.9 Å². The largest absolute Gasteiger partial charge is 0.511 e. The molecule has 3 rings (SSSR count). The molecule has 0 bridgehead atoms. The smallest absolute Gasteiger partial charge is 0.457 e. The number of nitrogens with zero attached hydrogens (tertiary/aromatic N) is 2. The highest BCUT2D eigenvalue weighted by atomic mass is 35.5. The van der Waals surface area contributed by atoms with E-state index in [1.54, 1.807) is 56.4 Å². The quantitative estimate of drug-likeness (QED) is 0.346. The normalized spacial score (nSPS) is 11.3. The molecule has 2 aromatic carbocycles. The number of halogens is 1. The second-order valence-electron chi connectivity index (χ2n) is 7.03. The average Bonchev–Trinajstić information content (AvgIpc) is 2.78. The van der Waals surface area contributed by atoms with E-state index in [2.05, 4.69) is 16.4 Å². The lowest BCUT2D eigenvalue weighted by molar-refractivity contribution is -0.00845. The summed E-state index contributed by atoms with van der Waals surface area (Å²) in [6, 6.07) is 19.5. The van der Waals surface area contributed by atoms with Gasteiger partial charge in [0.2, 0.25) is 6.79 Å². The first-order valence-corrected chi connectivity index (χ1v) is 10.3. The Morgan fingerprint density at radius 2 is 2.00 bits per heavy atom. The van der Waals surface area contributed by atoms with Crippen molar-refractivity contribution in [2.24, 2.45) is 0 Å². The Labute approximate surface area is 191 Å². The summed E-state index contributed by atoms with van der Waals surface area (Å²) in [5.41, 5.74) is 2.00. The fourth-order valence-corrected chi connectivity index (χ4v) is 3.15. The standard InChI is InChI=1S/C24H22ClN3O4/c1-16(2)32-24(29)31-15-30-21-10-9-19(25)13-20(21)23(28-22-8-3-4-11-27-22)18-7-5-6-17(12-18)14-26/h3-13,16,23H,15H2,1-2H3,(H,27,28). The highest BCUT2D eigenvalue weighted by Crippen LogP contribution is 2.35. The summed E-state index contributed by atoms with van der Waals surface area (Å²) < 4.78 is 15.7. The van der Waals surface area contributed by atoms with Crippen molar-refractivity contribution in [3.05, 3.63) is 88.6 Å². The molecule has 1 atom stereocenters. The lowest BCUT2D eigenvalue weighted by atomic mass is 9.96. The van der Waals surface area contributed by atoms with Crippen molar-refractivity contribution in [1.29, 1.82) is 5.26 Å². The molecule has 32 heavy (non-hydrogen) atoms. The molecule has 0 radical (unpaired) electrons. The molecule has 0 saturated heterocycles. The highest BCUT2D eigenvalue weighted by Gasteiger charge is 2.21. The second kappa shape index (κ2) is 11.0. The minimum absolute atomic E-state index is 0.298. The van der Waals surface area contributed by atoms with Crippen molar-refractivity contribution in [2.75, 3.05) is 12.1 Å². The van der Waals surface area contributed by atoms with Crippen LogP contribution < -0.4 is 10.1 Å². The van der Waals surface area contributed by atoms with Gasteiger partial charge in [0.1, 0.15) is 11.6 Å². The number of carbonyl (C=O) groups excluding carboxylic acids is 1. The molecule has 0 fully saturated rings. The van der Waals surface area contributed by atoms with Crippen LogP contribution in [0.3, 0.4) is 0 Å². The van der Waals surface area contributed by atoms with Gasteiger partial charge in [0.15, 0.2) is 0 Å². The summed E-state index contributed by atoms with van der Waals surface area (Å²) in [7, 11) is 0. The third-order valence-corrected chi connectivity index (χ3v) is 4.55. The number of nitriles is 1. The summed E-state index contributed by atoms with van der Waals surface area (Å²) >= 11 is 6.29. The molecular weight excluding hydrogens is 430 g/mol. The Balaban J connectivity index is 1.93. The summed E-state index contributed by atoms with van der Waals surface area (Å²) in [5, 5.41) is 13.2. The van der Waals surface area contributed by atoms with Gasteiger partial charge in [-0.25, -0.2) is 9.78 Å². The van der Waals surface area contributed by atoms with Gasteiger partial charge in [0.05, 0.1) is 23.8 Å². The lowest BCUT2D eigenvalue weighted by Gasteiger charge is -2.23. The lowest BCUT2D eigenvalue weighted by Crippen LogP contribution is -2.18. The average molecular weight is 452 g/mol. The van der Waals surface area contributed by atoms with E-state index in [-0.39, 0.29) is 12.9 Å². The van der Waals surface area contributed by atoms with E-state index >= 15 is 0 Å². The highest BCUT2D eigenvalue weighted by molar-refractivity contribution is 6.30. The molecular formula is C24H22ClN3O4. The number of benzene rings is 2. The maximum Gasteiger partial charge on any atom is 0.511 e. The number of carbonyl (C=O) groups is 1. The van der Waals surface area contributed by atoms with E-state index in [0.29, 0.717) is 27.7 Å². The Morgan fingerprint density at radius 1 is 1.16 bits per heavy atom. The molecule has 0 aliphatic carbocycles. The molecule has 0 saturated carbocycles. The predicted molar refractivity (Wildman–Crippen MR) is 121 cm³/mol. The molecule has 0 amide bonds. The van der Waals surface area contributed by atoms with Gasteiger partial charge >= 0.3 is 6.16 Å². The summed E-state index contributed by atoms with van der Waals surface area (Å²) in [4.78, 5) is 16.0. The van der Waals surface area contributed by atoms with Crippen LogP contribution in [0.1, 0.15) is 36.6 Å². The monoisotopic (exact) mass is 451 g/mol. The van der Waals surface area contributed by atoms with Gasteiger partial charge in [0, 0.05) is 16.8 Å². The van der Waals surface area contributed by atoms with E-state index in [9.17, 15) is 10.1 Å². The topological polar surface area (TPSA) is 93.5 Å². The summed E-state index contributed by atoms with van der Waals surface area (Å²) in [5.74, 6) is 1.07. The second-order valence-corrected chi connectivity index (χ2v) is 7.47. The molecule has 8 heteroatoms. The SMILES string of the molecule is CC(C)OC(=O)OCOc1ccc(Cl)cc1C(Nc1ccccn1)c1cccc(C#N)c1. The first kappa shape index (κ1) is 22.9. The molecule has 1 N–H and O–H groups in total. The zero-order chi connectivity index (χ0) is 22.9. The van der Waals surface area contributed by atoms with Crippen molar-refractivity contribution in [3.63, 3.8) is 0 Å². The van der Waals surface area contributed by atoms with Crippen molar-refractivity contribution >= 4 is 23.6 Å². The predicted octanol–water partition coefficient (Wildman–Crippen LogP) is 5.71. The van der Waals surface area contributed by atoms with Gasteiger partial charge in [-0.1, -0.05) is 29.8 Å². The molecule has 0 aliphatic rings. The fraction of sp³-hybridized carbons (Fsp3) is 0.208. The van der Waals surface area contributed by atoms with Gasteiger partial charge in [-0.15, -0.1) is 0 Å². The number of anilines is 1. The molecule has 0 spiro atoms. The van der Waals surface area contributed by atoms with Gasteiger partial charge in [-0.2, -0.15) is 5.26 Å². The number of hydrogen-bond acceptors (Lipinski definition) is 7. The Morgan fingerprint density at radius 3 is 2.72 bits per heavy atom. The van der Waals surface area contributed by atoms with E-state index in [1.165, 1.54) is 0 Å². The first-order valence-electron chi connectivity index (χ1n) is 9.89. The van der Waals surface area contributed by atoms with E-state index in [1.807, 2.05) is 24.3 Å². The summed E-state index contributed by atoms with van der Waals surface area (Å²) in [6.07, 6.45) is 0.558. The Hall–Kier alpha value is -3.76. The fourth-order valence-electron chi connectivity index (χ4n) is 2.97. The van der Waals surface area contributed by atoms with Crippen LogP contribution in [-0.4, -0.2) is 24.0 Å². The number of rotatable bonds is 8. The molecule has 0 aliphatic heterocycles. The third-order valence-electron chi connectivity index (χ3n) is 4.31. The number of hydrogen-bond donors (Lipinski definition) is 1. The zero-order valence-electron chi connectivity index (χ0n) is 17.6. The van der Waals surface area contributed by atoms with Crippen molar-refractivity contribution < 1.29 is 19.0 Å². The van der Waals surface area contributed by atoms with Gasteiger partial charge in [-0.05, 0) is 61.9 Å². The van der Waals surface area contributed by atoms with Gasteiger partial charge in [0.25, 0.3) is 0 Å². The van der Waals surface area contributed by atoms with Crippen LogP contribution >= 0.6 is 11.6 Å². The Bertz CT molecular complexity index is 1100. The molecule has 7 nitrogen and oxygen atoms in total.